The number of carbonyl (C=O) groups excluding carboxylic acids is 1. The van der Waals surface area contributed by atoms with E-state index in [1.54, 1.807) is 0 Å². The number of rotatable bonds is 5. The van der Waals surface area contributed by atoms with Gasteiger partial charge in [0.15, 0.2) is 0 Å². The third-order valence-electron chi connectivity index (χ3n) is 8.44. The number of likely N-dealkylation sites (N-methyl/N-ethyl adjacent to an activating group) is 1. The number of piperazine rings is 1. The molecule has 0 aliphatic carbocycles. The number of nitrogens with zero attached hydrogens (tertiary/aromatic N) is 5. The van der Waals surface area contributed by atoms with Gasteiger partial charge in [-0.25, -0.2) is 4.98 Å². The second-order valence-electron chi connectivity index (χ2n) is 11.1. The minimum Gasteiger partial charge on any atom is -0.336 e. The average Bonchev–Trinajstić information content (AvgIpc) is 3.60. The molecule has 41 heavy (non-hydrogen) atoms. The highest BCUT2D eigenvalue weighted by Crippen LogP contribution is 2.36. The number of hydrogen-bond acceptors (Lipinski definition) is 3. The Labute approximate surface area is 240 Å². The van der Waals surface area contributed by atoms with Gasteiger partial charge >= 0.3 is 0 Å². The minimum atomic E-state index is 0.0953. The highest BCUT2D eigenvalue weighted by atomic mass is 16.2. The van der Waals surface area contributed by atoms with Gasteiger partial charge in [0.2, 0.25) is 0 Å². The van der Waals surface area contributed by atoms with E-state index in [1.807, 2.05) is 17.4 Å². The van der Waals surface area contributed by atoms with Crippen LogP contribution < -0.4 is 0 Å². The molecule has 6 aromatic rings. The maximum absolute atomic E-state index is 14.2. The fourth-order valence-electron chi connectivity index (χ4n) is 6.12. The van der Waals surface area contributed by atoms with Crippen molar-refractivity contribution in [2.24, 2.45) is 0 Å². The summed E-state index contributed by atoms with van der Waals surface area (Å²) in [6.07, 6.45) is 5.91. The normalized spacial score (nSPS) is 14.2. The van der Waals surface area contributed by atoms with Crippen molar-refractivity contribution in [1.82, 2.24) is 23.9 Å². The largest absolute Gasteiger partial charge is 0.336 e. The Balaban J connectivity index is 1.35. The molecule has 1 aliphatic rings. The molecule has 2 aromatic heterocycles. The monoisotopic (exact) mass is 539 g/mol. The summed E-state index contributed by atoms with van der Waals surface area (Å²) in [5.41, 5.74) is 4.93. The van der Waals surface area contributed by atoms with Gasteiger partial charge in [-0.3, -0.25) is 4.79 Å². The SMILES string of the molecule is Cc1c(C(=O)N2CCN(C)CC2)c(-c2cccc3ccccc23)cn1-c1cncn1Cc1ccc2ccccc2c1. The lowest BCUT2D eigenvalue weighted by atomic mass is 9.96. The van der Waals surface area contributed by atoms with Gasteiger partial charge in [-0.1, -0.05) is 78.9 Å². The first-order valence-corrected chi connectivity index (χ1v) is 14.2. The maximum Gasteiger partial charge on any atom is 0.256 e. The summed E-state index contributed by atoms with van der Waals surface area (Å²) in [7, 11) is 2.11. The number of carbonyl (C=O) groups is 1. The zero-order valence-electron chi connectivity index (χ0n) is 23.5. The Hall–Kier alpha value is -4.68. The average molecular weight is 540 g/mol. The molecule has 0 radical (unpaired) electrons. The second-order valence-corrected chi connectivity index (χ2v) is 11.1. The molecule has 0 saturated carbocycles. The zero-order chi connectivity index (χ0) is 27.9. The number of benzene rings is 4. The Morgan fingerprint density at radius 3 is 2.37 bits per heavy atom. The maximum atomic E-state index is 14.2. The van der Waals surface area contributed by atoms with Crippen LogP contribution in [0.15, 0.2) is 104 Å². The van der Waals surface area contributed by atoms with Crippen LogP contribution in [0.4, 0.5) is 0 Å². The summed E-state index contributed by atoms with van der Waals surface area (Å²) < 4.78 is 4.31. The quantitative estimate of drug-likeness (QED) is 0.255. The van der Waals surface area contributed by atoms with E-state index in [9.17, 15) is 4.79 Å². The number of amides is 1. The molecule has 204 valence electrons. The second kappa shape index (κ2) is 10.4. The Bertz CT molecular complexity index is 1880. The third kappa shape index (κ3) is 4.60. The standard InChI is InChI=1S/C35H33N5O/c1-25-34(35(41)38-18-16-37(2)17-19-38)32(31-13-7-11-28-9-5-6-12-30(28)31)23-40(25)33-21-36-24-39(33)22-26-14-15-27-8-3-4-10-29(27)20-26/h3-15,20-21,23-24H,16-19,22H2,1-2H3. The van der Waals surface area contributed by atoms with E-state index in [-0.39, 0.29) is 5.91 Å². The minimum absolute atomic E-state index is 0.0953. The van der Waals surface area contributed by atoms with Crippen LogP contribution in [0.5, 0.6) is 0 Å². The number of aromatic nitrogens is 3. The summed E-state index contributed by atoms with van der Waals surface area (Å²) in [6.45, 7) is 5.97. The molecule has 0 unspecified atom stereocenters. The summed E-state index contributed by atoms with van der Waals surface area (Å²) in [4.78, 5) is 23.0. The molecule has 4 aromatic carbocycles. The molecule has 6 heteroatoms. The molecule has 1 amide bonds. The van der Waals surface area contributed by atoms with Gasteiger partial charge in [-0.05, 0) is 52.7 Å². The Morgan fingerprint density at radius 2 is 1.54 bits per heavy atom. The van der Waals surface area contributed by atoms with Crippen LogP contribution in [0.25, 0.3) is 38.5 Å². The molecule has 1 fully saturated rings. The van der Waals surface area contributed by atoms with Crippen LogP contribution in [0.2, 0.25) is 0 Å². The zero-order valence-corrected chi connectivity index (χ0v) is 23.5. The molecular weight excluding hydrogens is 506 g/mol. The van der Waals surface area contributed by atoms with Crippen molar-refractivity contribution < 1.29 is 4.79 Å². The fraction of sp³-hybridized carbons (Fsp3) is 0.200. The van der Waals surface area contributed by atoms with Crippen molar-refractivity contribution in [2.75, 3.05) is 33.2 Å². The number of hydrogen-bond donors (Lipinski definition) is 0. The predicted octanol–water partition coefficient (Wildman–Crippen LogP) is 6.39. The van der Waals surface area contributed by atoms with E-state index in [0.717, 1.165) is 65.2 Å². The molecule has 6 nitrogen and oxygen atoms in total. The van der Waals surface area contributed by atoms with Crippen molar-refractivity contribution >= 4 is 27.5 Å². The first kappa shape index (κ1) is 25.3. The van der Waals surface area contributed by atoms with Crippen LogP contribution in [0, 0.1) is 6.92 Å². The van der Waals surface area contributed by atoms with Crippen molar-refractivity contribution in [2.45, 2.75) is 13.5 Å². The van der Waals surface area contributed by atoms with E-state index in [1.165, 1.54) is 16.3 Å². The van der Waals surface area contributed by atoms with Crippen molar-refractivity contribution in [3.8, 4) is 16.9 Å². The first-order valence-electron chi connectivity index (χ1n) is 14.2. The first-order chi connectivity index (χ1) is 20.1. The predicted molar refractivity (Wildman–Crippen MR) is 166 cm³/mol. The summed E-state index contributed by atoms with van der Waals surface area (Å²) in [6, 6.07) is 29.8. The fourth-order valence-corrected chi connectivity index (χ4v) is 6.12. The van der Waals surface area contributed by atoms with Crippen molar-refractivity contribution in [3.63, 3.8) is 0 Å². The van der Waals surface area contributed by atoms with E-state index in [2.05, 4.69) is 124 Å². The van der Waals surface area contributed by atoms with Gasteiger partial charge in [0.25, 0.3) is 5.91 Å². The van der Waals surface area contributed by atoms with Crippen LogP contribution in [-0.2, 0) is 6.54 Å². The van der Waals surface area contributed by atoms with E-state index < -0.39 is 0 Å². The molecule has 0 N–H and O–H groups in total. The molecule has 0 bridgehead atoms. The van der Waals surface area contributed by atoms with E-state index in [4.69, 9.17) is 0 Å². The number of fused-ring (bicyclic) bond motifs is 2. The van der Waals surface area contributed by atoms with Gasteiger partial charge in [0, 0.05) is 43.6 Å². The molecular formula is C35H33N5O. The van der Waals surface area contributed by atoms with Crippen LogP contribution in [0.1, 0.15) is 21.6 Å². The highest BCUT2D eigenvalue weighted by molar-refractivity contribution is 6.07. The molecule has 1 aliphatic heterocycles. The Morgan fingerprint density at radius 1 is 0.805 bits per heavy atom. The summed E-state index contributed by atoms with van der Waals surface area (Å²) in [5.74, 6) is 1.03. The number of imidazole rings is 1. The van der Waals surface area contributed by atoms with Crippen molar-refractivity contribution in [1.29, 1.82) is 0 Å². The Kier molecular flexibility index (Phi) is 6.40. The van der Waals surface area contributed by atoms with Crippen LogP contribution in [0.3, 0.4) is 0 Å². The smallest absolute Gasteiger partial charge is 0.256 e. The van der Waals surface area contributed by atoms with E-state index in [0.29, 0.717) is 6.54 Å². The highest BCUT2D eigenvalue weighted by Gasteiger charge is 2.28. The van der Waals surface area contributed by atoms with Crippen molar-refractivity contribution in [3.05, 3.63) is 120 Å². The van der Waals surface area contributed by atoms with Crippen LogP contribution >= 0.6 is 0 Å². The van der Waals surface area contributed by atoms with Gasteiger partial charge in [-0.15, -0.1) is 0 Å². The lowest BCUT2D eigenvalue weighted by Gasteiger charge is -2.32. The molecule has 3 heterocycles. The third-order valence-corrected chi connectivity index (χ3v) is 8.44. The van der Waals surface area contributed by atoms with Gasteiger partial charge in [0.05, 0.1) is 24.6 Å². The molecule has 7 rings (SSSR count). The molecule has 0 atom stereocenters. The molecule has 1 saturated heterocycles. The van der Waals surface area contributed by atoms with Gasteiger partial charge in [-0.2, -0.15) is 0 Å². The lowest BCUT2D eigenvalue weighted by Crippen LogP contribution is -2.47. The summed E-state index contributed by atoms with van der Waals surface area (Å²) >= 11 is 0. The topological polar surface area (TPSA) is 46.3 Å². The summed E-state index contributed by atoms with van der Waals surface area (Å²) in [5, 5.41) is 4.76. The lowest BCUT2D eigenvalue weighted by molar-refractivity contribution is 0.0664. The van der Waals surface area contributed by atoms with Gasteiger partial charge < -0.3 is 18.9 Å². The van der Waals surface area contributed by atoms with Gasteiger partial charge in [0.1, 0.15) is 5.82 Å². The molecule has 0 spiro atoms. The van der Waals surface area contributed by atoms with E-state index >= 15 is 0 Å². The van der Waals surface area contributed by atoms with Crippen LogP contribution in [-0.4, -0.2) is 63.1 Å².